The Hall–Kier alpha value is -1.86. The number of halogens is 8. The molecule has 518 valence electrons. The first-order chi connectivity index (χ1) is 41.3. The molecular formula is C48H78Cl8O32. The van der Waals surface area contributed by atoms with Crippen LogP contribution in [0.2, 0.25) is 0 Å². The van der Waals surface area contributed by atoms with Gasteiger partial charge in [0.2, 0.25) is 31.5 Å². The topological polar surface area (TPSA) is 559 Å². The predicted molar refractivity (Wildman–Crippen MR) is 307 cm³/mol. The zero-order chi connectivity index (χ0) is 67.4. The lowest BCUT2D eigenvalue weighted by molar-refractivity contribution is -0.276. The highest BCUT2D eigenvalue weighted by molar-refractivity contribution is 6.19. The predicted octanol–water partition coefficient (Wildman–Crippen LogP) is 0.463. The van der Waals surface area contributed by atoms with Gasteiger partial charge in [-0.2, -0.15) is 0 Å². The van der Waals surface area contributed by atoms with Crippen molar-refractivity contribution < 1.29 is 160 Å². The average Bonchev–Trinajstić information content (AvgIpc) is 3.29. The molecule has 1 rings (SSSR count). The van der Waals surface area contributed by atoms with E-state index in [9.17, 15) is 123 Å². The van der Waals surface area contributed by atoms with E-state index in [1.54, 1.807) is 0 Å². The second-order valence-electron chi connectivity index (χ2n) is 18.7. The minimum Gasteiger partial charge on any atom is -0.506 e. The second-order valence-corrected chi connectivity index (χ2v) is 21.7. The molecule has 22 unspecified atom stereocenters. The van der Waals surface area contributed by atoms with Crippen LogP contribution in [0, 0.1) is 0 Å². The van der Waals surface area contributed by atoms with Crippen LogP contribution in [0.4, 0.5) is 0 Å². The Morgan fingerprint density at radius 3 is 0.580 bits per heavy atom. The van der Waals surface area contributed by atoms with Crippen molar-refractivity contribution in [2.45, 2.75) is 187 Å². The van der Waals surface area contributed by atoms with E-state index < -0.39 is 292 Å². The van der Waals surface area contributed by atoms with Crippen molar-refractivity contribution in [1.29, 1.82) is 0 Å². The van der Waals surface area contributed by atoms with Crippen LogP contribution in [0.1, 0.15) is 51.4 Å². The van der Waals surface area contributed by atoms with Gasteiger partial charge in [-0.15, -0.1) is 92.8 Å². The van der Waals surface area contributed by atoms with E-state index in [4.69, 9.17) is 131 Å². The highest BCUT2D eigenvalue weighted by atomic mass is 35.5. The van der Waals surface area contributed by atoms with Crippen molar-refractivity contribution in [2.75, 3.05) is 47.0 Å². The molecule has 0 radical (unpaired) electrons. The van der Waals surface area contributed by atoms with Crippen molar-refractivity contribution >= 4 is 92.8 Å². The fourth-order valence-electron chi connectivity index (χ4n) is 7.62. The Labute approximate surface area is 542 Å². The van der Waals surface area contributed by atoms with Crippen LogP contribution >= 0.6 is 92.8 Å². The Balaban J connectivity index is 4.13. The average molecular weight is 1450 g/mol. The van der Waals surface area contributed by atoms with Crippen molar-refractivity contribution in [3.63, 3.8) is 0 Å². The van der Waals surface area contributed by atoms with Crippen LogP contribution in [0.3, 0.4) is 0 Å². The third-order valence-electron chi connectivity index (χ3n) is 12.5. The molecule has 0 aromatic rings. The number of hydrogen-bond acceptors (Lipinski definition) is 32. The summed E-state index contributed by atoms with van der Waals surface area (Å²) in [6.45, 7) is 0. The monoisotopic (exact) mass is 1450 g/mol. The van der Waals surface area contributed by atoms with Gasteiger partial charge in [0.05, 0.1) is 18.3 Å². The first-order valence-corrected chi connectivity index (χ1v) is 30.4. The fraction of sp³-hybridized carbons (Fsp3) is 0.792. The summed E-state index contributed by atoms with van der Waals surface area (Å²) in [5.41, 5.74) is 0. The molecule has 1 heterocycles. The Kier molecular flexibility index (Phi) is 41.3. The number of alkyl halides is 8. The molecule has 0 aromatic carbocycles. The molecule has 0 saturated heterocycles. The highest BCUT2D eigenvalue weighted by Gasteiger charge is 2.43. The molecule has 24 N–H and O–H groups in total. The summed E-state index contributed by atoms with van der Waals surface area (Å²) in [5, 5.41) is 263. The zero-order valence-corrected chi connectivity index (χ0v) is 52.1. The highest BCUT2D eigenvalue weighted by Crippen LogP contribution is 2.29. The zero-order valence-electron chi connectivity index (χ0n) is 46.0. The van der Waals surface area contributed by atoms with Crippen LogP contribution in [-0.2, 0) is 37.9 Å². The summed E-state index contributed by atoms with van der Waals surface area (Å²) in [7, 11) is 0. The molecule has 0 bridgehead atoms. The first kappa shape index (κ1) is 84.2. The molecule has 40 heteroatoms. The molecule has 88 heavy (non-hydrogen) atoms. The van der Waals surface area contributed by atoms with Gasteiger partial charge in [-0.1, -0.05) is 0 Å². The Bertz CT molecular complexity index is 2160. The number of ether oxygens (including phenoxy) is 8. The molecule has 22 atom stereocenters. The van der Waals surface area contributed by atoms with Crippen LogP contribution < -0.4 is 0 Å². The normalized spacial score (nSPS) is 36.4. The molecule has 0 amide bonds. The van der Waals surface area contributed by atoms with E-state index in [-0.39, 0.29) is 0 Å². The van der Waals surface area contributed by atoms with E-state index in [0.717, 1.165) is 0 Å². The van der Waals surface area contributed by atoms with E-state index in [0.29, 0.717) is 0 Å². The summed E-state index contributed by atoms with van der Waals surface area (Å²) in [6.07, 6.45) is -57.3. The van der Waals surface area contributed by atoms with E-state index in [1.165, 1.54) is 0 Å². The minimum absolute atomic E-state index is 0.449. The number of hydrogen-bond donors (Lipinski definition) is 24. The molecular weight excluding hydrogens is 1370 g/mol. The molecule has 32 nitrogen and oxygen atoms in total. The van der Waals surface area contributed by atoms with Gasteiger partial charge in [0.25, 0.3) is 0 Å². The molecule has 1 aliphatic rings. The van der Waals surface area contributed by atoms with E-state index in [1.807, 2.05) is 0 Å². The standard InChI is InChI=1S/C48H78Cl8O32/c49-9-1-17-25(57)33(65)42(74)82-19(3-11-51)27(59)35(67)44(76)84-21(5-13-53)29(61)37(69)46(78)86-23(7-15-55)31(63)39(71)48(80)88-24(8-16-56)32(64)40(72)47(79)87-22(6-14-54)30(62)38(70)45(77)85-20(4-12-52)28(60)36(68)43(75)83-18(2-10-50)26(58)34(66)41(73)81-17/h17-27,33-35,41-48,57-80H,1-16H2. The van der Waals surface area contributed by atoms with E-state index >= 15 is 0 Å². The molecule has 0 saturated carbocycles. The van der Waals surface area contributed by atoms with Crippen molar-refractivity contribution in [3.8, 4) is 0 Å². The number of rotatable bonds is 16. The molecule has 0 fully saturated rings. The summed E-state index contributed by atoms with van der Waals surface area (Å²) in [5.74, 6) is -18.8. The molecule has 1 aliphatic heterocycles. The van der Waals surface area contributed by atoms with Crippen LogP contribution in [0.25, 0.3) is 0 Å². The molecule has 0 spiro atoms. The molecule has 0 aromatic heterocycles. The summed E-state index contributed by atoms with van der Waals surface area (Å²) >= 11 is 46.7. The third-order valence-corrected chi connectivity index (χ3v) is 14.3. The summed E-state index contributed by atoms with van der Waals surface area (Å²) < 4.78 is 41.7. The van der Waals surface area contributed by atoms with Gasteiger partial charge in [0, 0.05) is 47.0 Å². The maximum atomic E-state index is 11.1. The van der Waals surface area contributed by atoms with E-state index in [2.05, 4.69) is 0 Å². The van der Waals surface area contributed by atoms with Gasteiger partial charge in [-0.05, 0) is 51.4 Å². The van der Waals surface area contributed by atoms with Crippen LogP contribution in [0.15, 0.2) is 57.6 Å². The quantitative estimate of drug-likeness (QED) is 0.0934. The Morgan fingerprint density at radius 1 is 0.205 bits per heavy atom. The number of aliphatic hydroxyl groups excluding tert-OH is 24. The lowest BCUT2D eigenvalue weighted by atomic mass is 10.0. The van der Waals surface area contributed by atoms with Crippen molar-refractivity contribution in [1.82, 2.24) is 0 Å². The SMILES string of the molecule is OC1=C(O)C(CCCl)OC(O)C(O)=C(O)C(CCCl)OC(O)C(O)=C(O)C(CCCl)OC(O)C(O)C(O)C(CCCl)OC(O)C(O)C(O)C(CCCl)OC(O)C(O)C(O)C(CCCl)OC(O)C(O)=C(O)C(CCCl)OC(O)C(O)=C(O)C(CCCl)OC1O. The van der Waals surface area contributed by atoms with Crippen molar-refractivity contribution in [3.05, 3.63) is 57.6 Å². The second kappa shape index (κ2) is 43.2. The van der Waals surface area contributed by atoms with Gasteiger partial charge in [-0.3, -0.25) is 0 Å². The van der Waals surface area contributed by atoms with Gasteiger partial charge in [0.15, 0.2) is 76.5 Å². The minimum atomic E-state index is -2.77. The van der Waals surface area contributed by atoms with Crippen molar-refractivity contribution in [2.24, 2.45) is 0 Å². The van der Waals surface area contributed by atoms with Gasteiger partial charge in [-0.25, -0.2) is 0 Å². The smallest absolute Gasteiger partial charge is 0.218 e. The Morgan fingerprint density at radius 2 is 0.375 bits per heavy atom. The summed E-state index contributed by atoms with van der Waals surface area (Å²) in [4.78, 5) is 0. The van der Waals surface area contributed by atoms with Gasteiger partial charge >= 0.3 is 0 Å². The fourth-order valence-corrected chi connectivity index (χ4v) is 9.26. The number of aliphatic hydroxyl groups is 24. The first-order valence-electron chi connectivity index (χ1n) is 26.2. The third kappa shape index (κ3) is 25.8. The maximum absolute atomic E-state index is 11.1. The van der Waals surface area contributed by atoms with Crippen LogP contribution in [-0.4, -0.2) is 305 Å². The van der Waals surface area contributed by atoms with Gasteiger partial charge in [0.1, 0.15) is 67.1 Å². The lowest BCUT2D eigenvalue weighted by Crippen LogP contribution is -2.54. The summed E-state index contributed by atoms with van der Waals surface area (Å²) in [6, 6.07) is 0. The molecule has 0 aliphatic carbocycles. The van der Waals surface area contributed by atoms with Crippen LogP contribution in [0.5, 0.6) is 0 Å². The lowest BCUT2D eigenvalue weighted by Gasteiger charge is -2.36. The largest absolute Gasteiger partial charge is 0.506 e. The maximum Gasteiger partial charge on any atom is 0.218 e. The van der Waals surface area contributed by atoms with Gasteiger partial charge < -0.3 is 160 Å².